The normalized spacial score (nSPS) is 13.3. The number of hydrogen-bond acceptors (Lipinski definition) is 4. The predicted octanol–water partition coefficient (Wildman–Crippen LogP) is 4.56. The average Bonchev–Trinajstić information content (AvgIpc) is 2.97. The highest BCUT2D eigenvalue weighted by Gasteiger charge is 2.22. The molecule has 2 aromatic carbocycles. The van der Waals surface area contributed by atoms with Crippen molar-refractivity contribution >= 4 is 17.4 Å². The minimum Gasteiger partial charge on any atom is -0.497 e. The highest BCUT2D eigenvalue weighted by atomic mass is 16.5. The van der Waals surface area contributed by atoms with Crippen LogP contribution < -0.4 is 15.0 Å². The lowest BCUT2D eigenvalue weighted by Gasteiger charge is -2.23. The zero-order chi connectivity index (χ0) is 20.9. The van der Waals surface area contributed by atoms with Crippen LogP contribution in [0.3, 0.4) is 0 Å². The third-order valence-corrected chi connectivity index (χ3v) is 5.38. The van der Waals surface area contributed by atoms with Gasteiger partial charge in [0.05, 0.1) is 13.7 Å². The van der Waals surface area contributed by atoms with Crippen molar-refractivity contribution < 1.29 is 9.53 Å². The standard InChI is InChI=1S/C23H27N5O2/c1-17-7-6-8-18(15-17)24-23(29)28(19-10-12-20(30-2)13-11-19)16-22-26-25-21-9-4-3-5-14-27(21)22/h6-8,10-13,15H,3-5,9,14,16H2,1-2H3,(H,24,29). The van der Waals surface area contributed by atoms with Crippen LogP contribution in [0.2, 0.25) is 0 Å². The van der Waals surface area contributed by atoms with Gasteiger partial charge in [0.1, 0.15) is 11.6 Å². The smallest absolute Gasteiger partial charge is 0.326 e. The summed E-state index contributed by atoms with van der Waals surface area (Å²) in [5, 5.41) is 11.8. The van der Waals surface area contributed by atoms with Crippen LogP contribution in [-0.2, 0) is 19.5 Å². The molecule has 0 saturated heterocycles. The Morgan fingerprint density at radius 1 is 1.13 bits per heavy atom. The molecule has 2 heterocycles. The quantitative estimate of drug-likeness (QED) is 0.675. The third kappa shape index (κ3) is 4.45. The fourth-order valence-electron chi connectivity index (χ4n) is 3.76. The molecule has 1 N–H and O–H groups in total. The second kappa shape index (κ2) is 8.98. The van der Waals surface area contributed by atoms with Crippen molar-refractivity contribution in [3.05, 3.63) is 65.7 Å². The van der Waals surface area contributed by atoms with Gasteiger partial charge in [0.25, 0.3) is 0 Å². The van der Waals surface area contributed by atoms with E-state index in [1.54, 1.807) is 12.0 Å². The Bertz CT molecular complexity index is 1010. The van der Waals surface area contributed by atoms with Crippen LogP contribution >= 0.6 is 0 Å². The number of nitrogens with one attached hydrogen (secondary N) is 1. The van der Waals surface area contributed by atoms with Gasteiger partial charge in [-0.25, -0.2) is 4.79 Å². The Morgan fingerprint density at radius 3 is 2.73 bits per heavy atom. The number of hydrogen-bond donors (Lipinski definition) is 1. The van der Waals surface area contributed by atoms with E-state index in [2.05, 4.69) is 20.1 Å². The van der Waals surface area contributed by atoms with Gasteiger partial charge in [-0.15, -0.1) is 10.2 Å². The van der Waals surface area contributed by atoms with Crippen LogP contribution in [0.25, 0.3) is 0 Å². The maximum Gasteiger partial charge on any atom is 0.326 e. The molecule has 0 radical (unpaired) electrons. The van der Waals surface area contributed by atoms with Gasteiger partial charge < -0.3 is 14.6 Å². The lowest BCUT2D eigenvalue weighted by atomic mass is 10.2. The fraction of sp³-hybridized carbons (Fsp3) is 0.348. The third-order valence-electron chi connectivity index (χ3n) is 5.38. The molecule has 4 rings (SSSR count). The molecule has 0 bridgehead atoms. The molecule has 30 heavy (non-hydrogen) atoms. The summed E-state index contributed by atoms with van der Waals surface area (Å²) in [4.78, 5) is 15.0. The van der Waals surface area contributed by atoms with Gasteiger partial charge >= 0.3 is 6.03 Å². The zero-order valence-corrected chi connectivity index (χ0v) is 17.5. The van der Waals surface area contributed by atoms with Crippen molar-refractivity contribution in [2.75, 3.05) is 17.3 Å². The SMILES string of the molecule is COc1ccc(N(Cc2nnc3n2CCCCC3)C(=O)Nc2cccc(C)c2)cc1. The number of benzene rings is 2. The summed E-state index contributed by atoms with van der Waals surface area (Å²) in [6.07, 6.45) is 4.37. The van der Waals surface area contributed by atoms with Gasteiger partial charge in [0, 0.05) is 24.3 Å². The Labute approximate surface area is 176 Å². The maximum atomic E-state index is 13.3. The van der Waals surface area contributed by atoms with Crippen LogP contribution in [0.5, 0.6) is 5.75 Å². The van der Waals surface area contributed by atoms with E-state index in [0.717, 1.165) is 60.1 Å². The summed E-state index contributed by atoms with van der Waals surface area (Å²) in [5.41, 5.74) is 2.62. The number of aromatic nitrogens is 3. The highest BCUT2D eigenvalue weighted by Crippen LogP contribution is 2.23. The highest BCUT2D eigenvalue weighted by molar-refractivity contribution is 6.01. The summed E-state index contributed by atoms with van der Waals surface area (Å²) in [5.74, 6) is 2.56. The van der Waals surface area contributed by atoms with E-state index in [0.29, 0.717) is 6.54 Å². The van der Waals surface area contributed by atoms with Crippen molar-refractivity contribution in [2.24, 2.45) is 0 Å². The molecule has 0 unspecified atom stereocenters. The second-order valence-electron chi connectivity index (χ2n) is 7.58. The molecule has 0 atom stereocenters. The van der Waals surface area contributed by atoms with Crippen LogP contribution in [0.4, 0.5) is 16.2 Å². The number of ether oxygens (including phenoxy) is 1. The lowest BCUT2D eigenvalue weighted by molar-refractivity contribution is 0.256. The van der Waals surface area contributed by atoms with E-state index >= 15 is 0 Å². The fourth-order valence-corrected chi connectivity index (χ4v) is 3.76. The van der Waals surface area contributed by atoms with E-state index in [4.69, 9.17) is 4.74 Å². The topological polar surface area (TPSA) is 72.3 Å². The Balaban J connectivity index is 1.63. The first-order valence-electron chi connectivity index (χ1n) is 10.3. The summed E-state index contributed by atoms with van der Waals surface area (Å²) < 4.78 is 7.44. The number of carbonyl (C=O) groups is 1. The zero-order valence-electron chi connectivity index (χ0n) is 17.5. The van der Waals surface area contributed by atoms with Gasteiger partial charge in [0.2, 0.25) is 0 Å². The molecule has 7 heteroatoms. The first-order valence-corrected chi connectivity index (χ1v) is 10.3. The van der Waals surface area contributed by atoms with E-state index in [-0.39, 0.29) is 6.03 Å². The molecule has 1 aliphatic rings. The summed E-state index contributed by atoms with van der Waals surface area (Å²) in [7, 11) is 1.63. The van der Waals surface area contributed by atoms with E-state index in [1.165, 1.54) is 6.42 Å². The van der Waals surface area contributed by atoms with Gasteiger partial charge in [-0.2, -0.15) is 0 Å². The van der Waals surface area contributed by atoms with E-state index in [9.17, 15) is 4.79 Å². The molecule has 2 amide bonds. The van der Waals surface area contributed by atoms with Gasteiger partial charge in [-0.1, -0.05) is 18.6 Å². The molecule has 1 aromatic heterocycles. The summed E-state index contributed by atoms with van der Waals surface area (Å²) >= 11 is 0. The predicted molar refractivity (Wildman–Crippen MR) is 117 cm³/mol. The van der Waals surface area contributed by atoms with Gasteiger partial charge in [0.15, 0.2) is 5.82 Å². The lowest BCUT2D eigenvalue weighted by Crippen LogP contribution is -2.35. The van der Waals surface area contributed by atoms with Crippen LogP contribution in [-0.4, -0.2) is 27.9 Å². The Kier molecular flexibility index (Phi) is 5.97. The van der Waals surface area contributed by atoms with Crippen molar-refractivity contribution in [2.45, 2.75) is 45.7 Å². The Morgan fingerprint density at radius 2 is 1.97 bits per heavy atom. The van der Waals surface area contributed by atoms with E-state index in [1.807, 2.05) is 55.5 Å². The Hall–Kier alpha value is -3.35. The molecule has 0 fully saturated rings. The molecular weight excluding hydrogens is 378 g/mol. The van der Waals surface area contributed by atoms with Crippen LogP contribution in [0, 0.1) is 6.92 Å². The van der Waals surface area contributed by atoms with Crippen molar-refractivity contribution in [3.63, 3.8) is 0 Å². The van der Waals surface area contributed by atoms with Crippen molar-refractivity contribution in [1.29, 1.82) is 0 Å². The number of aryl methyl sites for hydroxylation is 2. The first kappa shape index (κ1) is 19.9. The number of anilines is 2. The number of amides is 2. The first-order chi connectivity index (χ1) is 14.6. The second-order valence-corrected chi connectivity index (χ2v) is 7.58. The van der Waals surface area contributed by atoms with Crippen molar-refractivity contribution in [1.82, 2.24) is 14.8 Å². The van der Waals surface area contributed by atoms with Gasteiger partial charge in [-0.3, -0.25) is 4.90 Å². The maximum absolute atomic E-state index is 13.3. The minimum atomic E-state index is -0.211. The number of urea groups is 1. The average molecular weight is 406 g/mol. The monoisotopic (exact) mass is 405 g/mol. The van der Waals surface area contributed by atoms with Gasteiger partial charge in [-0.05, 0) is 61.7 Å². The molecule has 3 aromatic rings. The van der Waals surface area contributed by atoms with Crippen LogP contribution in [0.1, 0.15) is 36.5 Å². The number of rotatable bonds is 5. The number of carbonyl (C=O) groups excluding carboxylic acids is 1. The molecule has 0 saturated carbocycles. The molecule has 156 valence electrons. The molecule has 7 nitrogen and oxygen atoms in total. The number of nitrogens with zero attached hydrogens (tertiary/aromatic N) is 4. The van der Waals surface area contributed by atoms with E-state index < -0.39 is 0 Å². The molecular formula is C23H27N5O2. The minimum absolute atomic E-state index is 0.211. The van der Waals surface area contributed by atoms with Crippen molar-refractivity contribution in [3.8, 4) is 5.75 Å². The van der Waals surface area contributed by atoms with Crippen LogP contribution in [0.15, 0.2) is 48.5 Å². The number of methoxy groups -OCH3 is 1. The largest absolute Gasteiger partial charge is 0.497 e. The molecule has 1 aliphatic heterocycles. The summed E-state index contributed by atoms with van der Waals surface area (Å²) in [6.45, 7) is 3.24. The summed E-state index contributed by atoms with van der Waals surface area (Å²) in [6, 6.07) is 15.0. The molecule has 0 aliphatic carbocycles. The number of fused-ring (bicyclic) bond motifs is 1. The molecule has 0 spiro atoms.